The average molecular weight is 795 g/mol. The van der Waals surface area contributed by atoms with Gasteiger partial charge in [-0.25, -0.2) is 4.99 Å². The number of halogens is 3. The van der Waals surface area contributed by atoms with Crippen LogP contribution >= 0.6 is 72.9 Å². The lowest BCUT2D eigenvalue weighted by molar-refractivity contribution is -0.115. The Morgan fingerprint density at radius 1 is 1.00 bits per heavy atom. The van der Waals surface area contributed by atoms with Crippen molar-refractivity contribution >= 4 is 106 Å². The van der Waals surface area contributed by atoms with Crippen LogP contribution in [0.4, 0.5) is 5.69 Å². The molecule has 4 aromatic rings. The Morgan fingerprint density at radius 2 is 1.68 bits per heavy atom. The molecule has 186 valence electrons. The number of amides is 1. The quantitative estimate of drug-likeness (QED) is 0.162. The maximum absolute atomic E-state index is 12.7. The van der Waals surface area contributed by atoms with E-state index in [4.69, 9.17) is 4.74 Å². The van der Waals surface area contributed by atoms with E-state index in [1.54, 1.807) is 0 Å². The second-order valence-corrected chi connectivity index (χ2v) is 12.8. The lowest BCUT2D eigenvalue weighted by Crippen LogP contribution is -2.19. The number of hydrogen-bond donors (Lipinski definition) is 1. The number of hydrogen-bond acceptors (Lipinski definition) is 4. The molecule has 1 N–H and O–H groups in total. The van der Waals surface area contributed by atoms with Gasteiger partial charge in [0, 0.05) is 4.47 Å². The summed E-state index contributed by atoms with van der Waals surface area (Å²) in [5, 5.41) is 5.87. The third-order valence-electron chi connectivity index (χ3n) is 5.87. The predicted octanol–water partition coefficient (Wildman–Crippen LogP) is 8.90. The summed E-state index contributed by atoms with van der Waals surface area (Å²) in [6.45, 7) is 4.55. The second-order valence-electron chi connectivity index (χ2n) is 8.62. The van der Waals surface area contributed by atoms with E-state index in [1.807, 2.05) is 50.3 Å². The number of amidine groups is 1. The van der Waals surface area contributed by atoms with E-state index in [1.165, 1.54) is 22.5 Å². The predicted molar refractivity (Wildman–Crippen MR) is 175 cm³/mol. The molecule has 0 aromatic heterocycles. The molecule has 37 heavy (non-hydrogen) atoms. The summed E-state index contributed by atoms with van der Waals surface area (Å²) >= 11 is 9.53. The van der Waals surface area contributed by atoms with Crippen LogP contribution in [0.25, 0.3) is 16.8 Å². The lowest BCUT2D eigenvalue weighted by Gasteiger charge is -2.13. The van der Waals surface area contributed by atoms with E-state index in [0.29, 0.717) is 16.7 Å². The van der Waals surface area contributed by atoms with Crippen LogP contribution in [0.1, 0.15) is 22.3 Å². The van der Waals surface area contributed by atoms with Crippen LogP contribution in [0.15, 0.2) is 81.1 Å². The van der Waals surface area contributed by atoms with E-state index in [9.17, 15) is 4.79 Å². The number of rotatable bonds is 5. The van der Waals surface area contributed by atoms with Crippen molar-refractivity contribution in [2.45, 2.75) is 20.5 Å². The second kappa shape index (κ2) is 11.5. The van der Waals surface area contributed by atoms with Gasteiger partial charge in [0.25, 0.3) is 5.91 Å². The molecule has 1 aliphatic rings. The molecule has 0 saturated carbocycles. The molecule has 1 fully saturated rings. The van der Waals surface area contributed by atoms with E-state index in [-0.39, 0.29) is 5.91 Å². The normalized spacial score (nSPS) is 15.5. The van der Waals surface area contributed by atoms with Gasteiger partial charge in [0.15, 0.2) is 5.17 Å². The minimum absolute atomic E-state index is 0.143. The van der Waals surface area contributed by atoms with Gasteiger partial charge < -0.3 is 10.1 Å². The van der Waals surface area contributed by atoms with Gasteiger partial charge in [-0.05, 0) is 134 Å². The third-order valence-corrected chi connectivity index (χ3v) is 9.64. The Balaban J connectivity index is 1.34. The van der Waals surface area contributed by atoms with Crippen LogP contribution in [0.3, 0.4) is 0 Å². The Morgan fingerprint density at radius 3 is 2.41 bits per heavy atom. The highest BCUT2D eigenvalue weighted by molar-refractivity contribution is 14.1. The van der Waals surface area contributed by atoms with Gasteiger partial charge in [-0.1, -0.05) is 58.4 Å². The summed E-state index contributed by atoms with van der Waals surface area (Å²) < 4.78 is 9.34. The smallest absolute Gasteiger partial charge is 0.264 e. The number of nitrogens with zero attached hydrogens (tertiary/aromatic N) is 1. The van der Waals surface area contributed by atoms with Crippen LogP contribution < -0.4 is 10.1 Å². The Bertz CT molecular complexity index is 1570. The monoisotopic (exact) mass is 794 g/mol. The fraction of sp³-hybridized carbons (Fsp3) is 0.103. The van der Waals surface area contributed by atoms with Gasteiger partial charge in [-0.3, -0.25) is 4.79 Å². The van der Waals surface area contributed by atoms with Crippen molar-refractivity contribution in [3.63, 3.8) is 0 Å². The van der Waals surface area contributed by atoms with E-state index >= 15 is 0 Å². The molecule has 0 radical (unpaired) electrons. The molecular formula is C29H21BrI2N2O2S. The molecule has 4 nitrogen and oxygen atoms in total. The highest BCUT2D eigenvalue weighted by atomic mass is 127. The highest BCUT2D eigenvalue weighted by Crippen LogP contribution is 2.34. The van der Waals surface area contributed by atoms with Crippen molar-refractivity contribution in [1.29, 1.82) is 0 Å². The summed E-state index contributed by atoms with van der Waals surface area (Å²) in [6, 6.07) is 22.7. The molecule has 0 aliphatic carbocycles. The van der Waals surface area contributed by atoms with Gasteiger partial charge in [0.05, 0.1) is 17.7 Å². The third kappa shape index (κ3) is 6.07. The Kier molecular flexibility index (Phi) is 8.28. The van der Waals surface area contributed by atoms with Crippen LogP contribution in [0.5, 0.6) is 5.75 Å². The first-order valence-electron chi connectivity index (χ1n) is 11.4. The van der Waals surface area contributed by atoms with E-state index in [0.717, 1.165) is 45.3 Å². The number of ether oxygens (including phenoxy) is 1. The van der Waals surface area contributed by atoms with Gasteiger partial charge in [-0.2, -0.15) is 0 Å². The number of benzene rings is 4. The fourth-order valence-corrected chi connectivity index (χ4v) is 7.30. The highest BCUT2D eigenvalue weighted by Gasteiger charge is 2.24. The van der Waals surface area contributed by atoms with Crippen LogP contribution in [-0.4, -0.2) is 11.1 Å². The summed E-state index contributed by atoms with van der Waals surface area (Å²) in [4.78, 5) is 17.9. The largest absolute Gasteiger partial charge is 0.487 e. The lowest BCUT2D eigenvalue weighted by atomic mass is 10.1. The molecule has 1 heterocycles. The standard InChI is InChI=1S/C29H21BrI2N2O2S/c1-16-10-21(11-17(2)26(16)30)33-29-34-28(35)25(37-29)14-18-12-23(31)27(24(32)13-18)36-15-20-8-5-7-19-6-3-4-9-22(19)20/h3-14H,15H2,1-2H3,(H,33,34,35)/b25-14-. The van der Waals surface area contributed by atoms with Crippen LogP contribution in [0, 0.1) is 21.0 Å². The number of nitrogens with one attached hydrogen (secondary N) is 1. The molecule has 4 aromatic carbocycles. The molecule has 1 aliphatic heterocycles. The molecule has 5 rings (SSSR count). The maximum Gasteiger partial charge on any atom is 0.264 e. The molecule has 8 heteroatoms. The maximum atomic E-state index is 12.7. The molecule has 1 amide bonds. The van der Waals surface area contributed by atoms with Crippen molar-refractivity contribution < 1.29 is 9.53 Å². The zero-order valence-corrected chi connectivity index (χ0v) is 26.7. The van der Waals surface area contributed by atoms with Crippen molar-refractivity contribution in [2.24, 2.45) is 4.99 Å². The Labute approximate surface area is 255 Å². The SMILES string of the molecule is Cc1cc(N=C2NC(=O)/C(=C/c3cc(I)c(OCc4cccc5ccccc45)c(I)c3)S2)cc(C)c1Br. The zero-order chi connectivity index (χ0) is 26.1. The first-order chi connectivity index (χ1) is 17.8. The van der Waals surface area contributed by atoms with Gasteiger partial charge in [0.1, 0.15) is 12.4 Å². The molecular weight excluding hydrogens is 774 g/mol. The molecule has 0 bridgehead atoms. The molecule has 0 unspecified atom stereocenters. The molecule has 0 spiro atoms. The van der Waals surface area contributed by atoms with Crippen molar-refractivity contribution in [1.82, 2.24) is 5.32 Å². The van der Waals surface area contributed by atoms with Crippen LogP contribution in [-0.2, 0) is 11.4 Å². The van der Waals surface area contributed by atoms with Gasteiger partial charge >= 0.3 is 0 Å². The van der Waals surface area contributed by atoms with Crippen molar-refractivity contribution in [2.75, 3.05) is 0 Å². The number of thioether (sulfide) groups is 1. The molecule has 0 atom stereocenters. The van der Waals surface area contributed by atoms with E-state index < -0.39 is 0 Å². The average Bonchev–Trinajstić information content (AvgIpc) is 3.20. The zero-order valence-electron chi connectivity index (χ0n) is 19.9. The molecule has 1 saturated heterocycles. The number of carbonyl (C=O) groups excluding carboxylic acids is 1. The fourth-order valence-electron chi connectivity index (χ4n) is 4.11. The summed E-state index contributed by atoms with van der Waals surface area (Å²) in [5.41, 5.74) is 5.13. The minimum atomic E-state index is -0.143. The topological polar surface area (TPSA) is 50.7 Å². The van der Waals surface area contributed by atoms with Crippen LogP contribution in [0.2, 0.25) is 0 Å². The summed E-state index contributed by atoms with van der Waals surface area (Å²) in [7, 11) is 0. The van der Waals surface area contributed by atoms with Gasteiger partial charge in [0.2, 0.25) is 0 Å². The number of fused-ring (bicyclic) bond motifs is 1. The van der Waals surface area contributed by atoms with E-state index in [2.05, 4.69) is 108 Å². The minimum Gasteiger partial charge on any atom is -0.487 e. The number of carbonyl (C=O) groups is 1. The summed E-state index contributed by atoms with van der Waals surface area (Å²) in [6.07, 6.45) is 1.90. The van der Waals surface area contributed by atoms with Crippen molar-refractivity contribution in [3.8, 4) is 5.75 Å². The number of aryl methyl sites for hydroxylation is 2. The Hall–Kier alpha value is -1.89. The first kappa shape index (κ1) is 26.7. The first-order valence-corrected chi connectivity index (χ1v) is 15.2. The summed E-state index contributed by atoms with van der Waals surface area (Å²) in [5.74, 6) is 0.707. The van der Waals surface area contributed by atoms with Crippen molar-refractivity contribution in [3.05, 3.63) is 106 Å². The van der Waals surface area contributed by atoms with Gasteiger partial charge in [-0.15, -0.1) is 0 Å². The number of aliphatic imine (C=N–C) groups is 1.